The summed E-state index contributed by atoms with van der Waals surface area (Å²) in [5, 5.41) is 12.6. The molecule has 1 aliphatic rings. The molecule has 0 amide bonds. The molecule has 0 saturated carbocycles. The Kier molecular flexibility index (Phi) is 3.86. The van der Waals surface area contributed by atoms with Crippen molar-refractivity contribution in [3.05, 3.63) is 21.9 Å². The summed E-state index contributed by atoms with van der Waals surface area (Å²) in [6.07, 6.45) is -0.940. The van der Waals surface area contributed by atoms with Gasteiger partial charge in [-0.15, -0.1) is 0 Å². The van der Waals surface area contributed by atoms with E-state index in [9.17, 15) is 9.50 Å². The minimum absolute atomic E-state index is 0.184. The fourth-order valence-electron chi connectivity index (χ4n) is 1.73. The van der Waals surface area contributed by atoms with Gasteiger partial charge in [-0.1, -0.05) is 0 Å². The van der Waals surface area contributed by atoms with Crippen LogP contribution in [-0.2, 0) is 0 Å². The first-order valence-electron chi connectivity index (χ1n) is 5.25. The highest BCUT2D eigenvalue weighted by Crippen LogP contribution is 2.43. The van der Waals surface area contributed by atoms with Gasteiger partial charge in [0.25, 0.3) is 0 Å². The summed E-state index contributed by atoms with van der Waals surface area (Å²) in [6, 6.07) is 1.24. The summed E-state index contributed by atoms with van der Waals surface area (Å²) in [5.74, 6) is 0.299. The molecule has 0 radical (unpaired) electrons. The number of rotatable bonds is 3. The fraction of sp³-hybridized carbons (Fsp3) is 0.455. The number of hydrogen-bond acceptors (Lipinski definition) is 4. The van der Waals surface area contributed by atoms with Crippen molar-refractivity contribution < 1.29 is 19.0 Å². The minimum Gasteiger partial charge on any atom is -0.486 e. The van der Waals surface area contributed by atoms with Gasteiger partial charge in [0.05, 0.1) is 10.6 Å². The summed E-state index contributed by atoms with van der Waals surface area (Å²) in [7, 11) is 1.69. The van der Waals surface area contributed by atoms with Crippen LogP contribution in [0.25, 0.3) is 0 Å². The summed E-state index contributed by atoms with van der Waals surface area (Å²) < 4.78 is 25.0. The molecule has 4 nitrogen and oxygen atoms in total. The van der Waals surface area contributed by atoms with Crippen LogP contribution in [0.2, 0.25) is 0 Å². The van der Waals surface area contributed by atoms with Crippen molar-refractivity contribution in [1.82, 2.24) is 5.32 Å². The monoisotopic (exact) mass is 305 g/mol. The molecule has 1 aliphatic heterocycles. The lowest BCUT2D eigenvalue weighted by molar-refractivity contribution is 0.158. The highest BCUT2D eigenvalue weighted by Gasteiger charge is 2.25. The molecule has 1 unspecified atom stereocenters. The number of benzene rings is 1. The fourth-order valence-corrected chi connectivity index (χ4v) is 2.50. The van der Waals surface area contributed by atoms with Crippen molar-refractivity contribution in [2.75, 3.05) is 26.8 Å². The molecule has 1 aromatic rings. The maximum Gasteiger partial charge on any atom is 0.176 e. The molecule has 0 aromatic heterocycles. The number of nitrogens with one attached hydrogen (secondary N) is 1. The smallest absolute Gasteiger partial charge is 0.176 e. The van der Waals surface area contributed by atoms with Crippen molar-refractivity contribution in [3.8, 4) is 11.5 Å². The Morgan fingerprint density at radius 2 is 2.24 bits per heavy atom. The van der Waals surface area contributed by atoms with Crippen molar-refractivity contribution in [1.29, 1.82) is 0 Å². The number of aliphatic hydroxyl groups is 1. The maximum atomic E-state index is 13.9. The van der Waals surface area contributed by atoms with Gasteiger partial charge in [0, 0.05) is 18.2 Å². The van der Waals surface area contributed by atoms with Gasteiger partial charge in [-0.25, -0.2) is 4.39 Å². The quantitative estimate of drug-likeness (QED) is 0.891. The number of likely N-dealkylation sites (N-methyl/N-ethyl adjacent to an activating group) is 1. The third-order valence-corrected chi connectivity index (χ3v) is 3.28. The van der Waals surface area contributed by atoms with E-state index in [1.54, 1.807) is 7.05 Å². The number of fused-ring (bicyclic) bond motifs is 1. The van der Waals surface area contributed by atoms with Crippen molar-refractivity contribution >= 4 is 15.9 Å². The molecule has 0 saturated heterocycles. The van der Waals surface area contributed by atoms with Crippen LogP contribution in [0, 0.1) is 5.82 Å². The predicted molar refractivity (Wildman–Crippen MR) is 64.0 cm³/mol. The van der Waals surface area contributed by atoms with Crippen molar-refractivity contribution in [2.24, 2.45) is 0 Å². The molecule has 1 aromatic carbocycles. The van der Waals surface area contributed by atoms with Crippen LogP contribution in [0.1, 0.15) is 11.7 Å². The summed E-state index contributed by atoms with van der Waals surface area (Å²) in [5.41, 5.74) is 0.184. The van der Waals surface area contributed by atoms with E-state index in [-0.39, 0.29) is 12.1 Å². The molecule has 1 heterocycles. The first kappa shape index (κ1) is 12.6. The predicted octanol–water partition coefficient (Wildman–Crippen LogP) is 1.61. The number of halogens is 2. The Labute approximate surface area is 107 Å². The Morgan fingerprint density at radius 1 is 1.53 bits per heavy atom. The van der Waals surface area contributed by atoms with Crippen molar-refractivity contribution in [2.45, 2.75) is 6.10 Å². The summed E-state index contributed by atoms with van der Waals surface area (Å²) in [6.45, 7) is 1.07. The second-order valence-corrected chi connectivity index (χ2v) is 4.48. The largest absolute Gasteiger partial charge is 0.486 e. The average molecular weight is 306 g/mol. The first-order chi connectivity index (χ1) is 8.15. The standard InChI is InChI=1S/C11H13BrFNO3/c1-14-5-7(15)9-6(13)4-8-11(10(9)12)17-3-2-16-8/h4,7,14-15H,2-3,5H2,1H3. The van der Waals surface area contributed by atoms with E-state index in [0.717, 1.165) is 0 Å². The molecule has 0 fully saturated rings. The Bertz CT molecular complexity index is 428. The third-order valence-electron chi connectivity index (χ3n) is 2.49. The van der Waals surface area contributed by atoms with E-state index < -0.39 is 11.9 Å². The molecular weight excluding hydrogens is 293 g/mol. The normalized spacial score (nSPS) is 15.8. The molecule has 2 N–H and O–H groups in total. The third kappa shape index (κ3) is 2.38. The molecular formula is C11H13BrFNO3. The van der Waals surface area contributed by atoms with Crippen LogP contribution < -0.4 is 14.8 Å². The molecule has 0 aliphatic carbocycles. The van der Waals surface area contributed by atoms with E-state index in [1.165, 1.54) is 6.07 Å². The summed E-state index contributed by atoms with van der Waals surface area (Å²) in [4.78, 5) is 0. The number of aliphatic hydroxyl groups excluding tert-OH is 1. The van der Waals surface area contributed by atoms with Gasteiger partial charge in [-0.3, -0.25) is 0 Å². The Morgan fingerprint density at radius 3 is 2.94 bits per heavy atom. The van der Waals surface area contributed by atoms with Gasteiger partial charge >= 0.3 is 0 Å². The van der Waals surface area contributed by atoms with Crippen LogP contribution in [0.3, 0.4) is 0 Å². The second kappa shape index (κ2) is 5.20. The molecule has 94 valence electrons. The zero-order valence-corrected chi connectivity index (χ0v) is 10.9. The average Bonchev–Trinajstić information content (AvgIpc) is 2.29. The van der Waals surface area contributed by atoms with Crippen LogP contribution in [0.15, 0.2) is 10.5 Å². The lowest BCUT2D eigenvalue weighted by Gasteiger charge is -2.23. The van der Waals surface area contributed by atoms with Gasteiger partial charge in [0.15, 0.2) is 11.5 Å². The lowest BCUT2D eigenvalue weighted by Crippen LogP contribution is -2.20. The van der Waals surface area contributed by atoms with Gasteiger partial charge in [-0.2, -0.15) is 0 Å². The van der Waals surface area contributed by atoms with E-state index >= 15 is 0 Å². The van der Waals surface area contributed by atoms with E-state index in [0.29, 0.717) is 29.2 Å². The molecule has 0 spiro atoms. The zero-order valence-electron chi connectivity index (χ0n) is 9.30. The molecule has 6 heteroatoms. The highest BCUT2D eigenvalue weighted by molar-refractivity contribution is 9.10. The molecule has 2 rings (SSSR count). The molecule has 17 heavy (non-hydrogen) atoms. The summed E-state index contributed by atoms with van der Waals surface area (Å²) >= 11 is 3.26. The zero-order chi connectivity index (χ0) is 12.4. The lowest BCUT2D eigenvalue weighted by atomic mass is 10.1. The Balaban J connectivity index is 2.45. The Hall–Kier alpha value is -0.850. The second-order valence-electron chi connectivity index (χ2n) is 3.68. The first-order valence-corrected chi connectivity index (χ1v) is 6.04. The molecule has 1 atom stereocenters. The van der Waals surface area contributed by atoms with E-state index in [2.05, 4.69) is 21.2 Å². The maximum absolute atomic E-state index is 13.9. The van der Waals surface area contributed by atoms with Gasteiger partial charge in [-0.05, 0) is 23.0 Å². The van der Waals surface area contributed by atoms with E-state index in [1.807, 2.05) is 0 Å². The number of ether oxygens (including phenoxy) is 2. The van der Waals surface area contributed by atoms with Gasteiger partial charge < -0.3 is 19.9 Å². The van der Waals surface area contributed by atoms with Gasteiger partial charge in [0.2, 0.25) is 0 Å². The minimum atomic E-state index is -0.940. The van der Waals surface area contributed by atoms with Crippen LogP contribution in [0.5, 0.6) is 11.5 Å². The number of hydrogen-bond donors (Lipinski definition) is 2. The van der Waals surface area contributed by atoms with Gasteiger partial charge in [0.1, 0.15) is 19.0 Å². The van der Waals surface area contributed by atoms with Crippen molar-refractivity contribution in [3.63, 3.8) is 0 Å². The van der Waals surface area contributed by atoms with E-state index in [4.69, 9.17) is 9.47 Å². The van der Waals surface area contributed by atoms with Crippen LogP contribution in [-0.4, -0.2) is 31.9 Å². The topological polar surface area (TPSA) is 50.7 Å². The SMILES string of the molecule is CNCC(O)c1c(F)cc2c(c1Br)OCCO2. The molecule has 0 bridgehead atoms. The highest BCUT2D eigenvalue weighted by atomic mass is 79.9. The van der Waals surface area contributed by atoms with Crippen LogP contribution >= 0.6 is 15.9 Å². The van der Waals surface area contributed by atoms with Crippen LogP contribution in [0.4, 0.5) is 4.39 Å².